The van der Waals surface area contributed by atoms with Gasteiger partial charge in [-0.05, 0) is 25.1 Å². The van der Waals surface area contributed by atoms with Crippen LogP contribution in [0.5, 0.6) is 11.5 Å². The number of aromatic nitrogens is 1. The Bertz CT molecular complexity index is 731. The summed E-state index contributed by atoms with van der Waals surface area (Å²) in [4.78, 5) is 18.5. The Hall–Kier alpha value is -2.12. The molecule has 1 aromatic carbocycles. The molecule has 0 radical (unpaired) electrons. The fourth-order valence-corrected chi connectivity index (χ4v) is 3.21. The summed E-state index contributed by atoms with van der Waals surface area (Å²) in [6, 6.07) is 5.70. The van der Waals surface area contributed by atoms with Crippen LogP contribution in [0.1, 0.15) is 17.4 Å². The predicted octanol–water partition coefficient (Wildman–Crippen LogP) is 2.69. The topological polar surface area (TPSA) is 60.9 Å². The number of likely N-dealkylation sites (N-methyl/N-ethyl adjacent to an activating group) is 1. The van der Waals surface area contributed by atoms with Gasteiger partial charge in [0.15, 0.2) is 11.5 Å². The van der Waals surface area contributed by atoms with E-state index in [1.54, 1.807) is 24.4 Å². The maximum Gasteiger partial charge on any atom is 0.273 e. The Morgan fingerprint density at radius 1 is 1.38 bits per heavy atom. The summed E-state index contributed by atoms with van der Waals surface area (Å²) in [5.74, 6) is 1.35. The van der Waals surface area contributed by atoms with Crippen LogP contribution in [0.25, 0.3) is 10.6 Å². The van der Waals surface area contributed by atoms with E-state index in [1.807, 2.05) is 25.1 Å². The monoisotopic (exact) mass is 348 g/mol. The van der Waals surface area contributed by atoms with Crippen molar-refractivity contribution >= 4 is 17.2 Å². The lowest BCUT2D eigenvalue weighted by atomic mass is 10.2. The fraction of sp³-hybridized carbons (Fsp3) is 0.412. The highest BCUT2D eigenvalue weighted by Crippen LogP contribution is 2.35. The van der Waals surface area contributed by atoms with Gasteiger partial charge in [0, 0.05) is 31.6 Å². The molecule has 0 spiro atoms. The van der Waals surface area contributed by atoms with Crippen molar-refractivity contribution < 1.29 is 19.0 Å². The molecule has 0 saturated carbocycles. The third-order valence-electron chi connectivity index (χ3n) is 3.79. The van der Waals surface area contributed by atoms with Gasteiger partial charge in [-0.2, -0.15) is 0 Å². The quantitative estimate of drug-likeness (QED) is 0.831. The number of thiazole rings is 1. The van der Waals surface area contributed by atoms with Gasteiger partial charge in [-0.1, -0.05) is 0 Å². The predicted molar refractivity (Wildman–Crippen MR) is 92.0 cm³/mol. The second-order valence-electron chi connectivity index (χ2n) is 5.63. The Labute approximate surface area is 145 Å². The number of amides is 1. The van der Waals surface area contributed by atoms with Crippen LogP contribution in [0, 0.1) is 0 Å². The number of rotatable bonds is 5. The molecule has 1 aromatic heterocycles. The normalized spacial score (nSPS) is 14.3. The number of fused-ring (bicyclic) bond motifs is 1. The second-order valence-corrected chi connectivity index (χ2v) is 6.49. The minimum absolute atomic E-state index is 0.0187. The summed E-state index contributed by atoms with van der Waals surface area (Å²) in [5.41, 5.74) is 1.35. The Balaban J connectivity index is 1.77. The van der Waals surface area contributed by atoms with E-state index in [4.69, 9.17) is 14.2 Å². The van der Waals surface area contributed by atoms with Crippen molar-refractivity contribution in [2.24, 2.45) is 0 Å². The van der Waals surface area contributed by atoms with Crippen molar-refractivity contribution in [1.29, 1.82) is 0 Å². The molecule has 24 heavy (non-hydrogen) atoms. The van der Waals surface area contributed by atoms with Gasteiger partial charge in [0.1, 0.15) is 23.9 Å². The van der Waals surface area contributed by atoms with Crippen LogP contribution in [0.15, 0.2) is 23.6 Å². The number of hydrogen-bond acceptors (Lipinski definition) is 6. The summed E-state index contributed by atoms with van der Waals surface area (Å²) in [6.45, 7) is 3.55. The molecule has 1 amide bonds. The summed E-state index contributed by atoms with van der Waals surface area (Å²) in [7, 11) is 3.38. The van der Waals surface area contributed by atoms with Crippen molar-refractivity contribution in [3.8, 4) is 22.1 Å². The fourth-order valence-electron chi connectivity index (χ4n) is 2.42. The van der Waals surface area contributed by atoms with E-state index in [-0.39, 0.29) is 12.0 Å². The highest BCUT2D eigenvalue weighted by atomic mass is 32.1. The minimum Gasteiger partial charge on any atom is -0.486 e. The van der Waals surface area contributed by atoms with Gasteiger partial charge in [-0.15, -0.1) is 11.3 Å². The number of nitrogens with zero attached hydrogens (tertiary/aromatic N) is 2. The van der Waals surface area contributed by atoms with E-state index in [1.165, 1.54) is 11.3 Å². The maximum absolute atomic E-state index is 12.4. The van der Waals surface area contributed by atoms with Gasteiger partial charge in [0.05, 0.1) is 6.10 Å². The zero-order valence-corrected chi connectivity index (χ0v) is 14.8. The van der Waals surface area contributed by atoms with E-state index in [0.717, 1.165) is 16.3 Å². The number of carbonyl (C=O) groups excluding carboxylic acids is 1. The van der Waals surface area contributed by atoms with Crippen LogP contribution < -0.4 is 9.47 Å². The van der Waals surface area contributed by atoms with Crippen molar-refractivity contribution in [3.63, 3.8) is 0 Å². The molecule has 7 heteroatoms. The maximum atomic E-state index is 12.4. The lowest BCUT2D eigenvalue weighted by Gasteiger charge is -2.19. The molecule has 1 aliphatic rings. The van der Waals surface area contributed by atoms with Crippen molar-refractivity contribution in [2.45, 2.75) is 13.0 Å². The Morgan fingerprint density at radius 3 is 2.88 bits per heavy atom. The van der Waals surface area contributed by atoms with E-state index in [9.17, 15) is 4.79 Å². The van der Waals surface area contributed by atoms with Gasteiger partial charge >= 0.3 is 0 Å². The highest BCUT2D eigenvalue weighted by Gasteiger charge is 2.19. The molecular formula is C17H20N2O4S. The Kier molecular flexibility index (Phi) is 5.01. The first-order valence-corrected chi connectivity index (χ1v) is 8.60. The van der Waals surface area contributed by atoms with Crippen LogP contribution in [0.4, 0.5) is 0 Å². The number of benzene rings is 1. The minimum atomic E-state index is -0.112. The van der Waals surface area contributed by atoms with Crippen molar-refractivity contribution in [1.82, 2.24) is 9.88 Å². The smallest absolute Gasteiger partial charge is 0.273 e. The molecule has 0 saturated heterocycles. The third-order valence-corrected chi connectivity index (χ3v) is 4.68. The lowest BCUT2D eigenvalue weighted by molar-refractivity contribution is 0.0596. The van der Waals surface area contributed by atoms with Gasteiger partial charge in [-0.25, -0.2) is 4.98 Å². The van der Waals surface area contributed by atoms with Gasteiger partial charge < -0.3 is 19.1 Å². The van der Waals surface area contributed by atoms with Crippen LogP contribution >= 0.6 is 11.3 Å². The van der Waals surface area contributed by atoms with E-state index < -0.39 is 0 Å². The molecule has 0 fully saturated rings. The van der Waals surface area contributed by atoms with Crippen LogP contribution in [-0.4, -0.2) is 55.8 Å². The zero-order valence-electron chi connectivity index (χ0n) is 13.9. The first-order valence-electron chi connectivity index (χ1n) is 7.72. The SMILES string of the molecule is COC(C)CN(C)C(=O)c1csc(-c2ccc3c(c2)OCCO3)n1. The first kappa shape index (κ1) is 16.7. The standard InChI is InChI=1S/C17H20N2O4S/c1-11(21-3)9-19(2)17(20)13-10-24-16(18-13)12-4-5-14-15(8-12)23-7-6-22-14/h4-5,8,10-11H,6-7,9H2,1-3H3. The molecule has 0 aliphatic carbocycles. The zero-order chi connectivity index (χ0) is 17.1. The summed E-state index contributed by atoms with van der Waals surface area (Å²) in [5, 5.41) is 2.56. The summed E-state index contributed by atoms with van der Waals surface area (Å²) >= 11 is 1.44. The molecule has 0 bridgehead atoms. The number of hydrogen-bond donors (Lipinski definition) is 0. The molecule has 1 unspecified atom stereocenters. The van der Waals surface area contributed by atoms with E-state index in [2.05, 4.69) is 4.98 Å². The number of carbonyl (C=O) groups is 1. The second kappa shape index (κ2) is 7.19. The van der Waals surface area contributed by atoms with Crippen molar-refractivity contribution in [3.05, 3.63) is 29.3 Å². The molecule has 2 aromatic rings. The Morgan fingerprint density at radius 2 is 2.12 bits per heavy atom. The molecule has 3 rings (SSSR count). The molecule has 1 aliphatic heterocycles. The number of ether oxygens (including phenoxy) is 3. The molecule has 0 N–H and O–H groups in total. The van der Waals surface area contributed by atoms with Gasteiger partial charge in [-0.3, -0.25) is 4.79 Å². The summed E-state index contributed by atoms with van der Waals surface area (Å²) < 4.78 is 16.3. The molecular weight excluding hydrogens is 328 g/mol. The van der Waals surface area contributed by atoms with Gasteiger partial charge in [0.2, 0.25) is 0 Å². The summed E-state index contributed by atoms with van der Waals surface area (Å²) in [6.07, 6.45) is -0.0187. The van der Waals surface area contributed by atoms with E-state index in [0.29, 0.717) is 31.2 Å². The van der Waals surface area contributed by atoms with Crippen molar-refractivity contribution in [2.75, 3.05) is 33.9 Å². The molecule has 2 heterocycles. The van der Waals surface area contributed by atoms with Crippen LogP contribution in [0.3, 0.4) is 0 Å². The van der Waals surface area contributed by atoms with Gasteiger partial charge in [0.25, 0.3) is 5.91 Å². The average molecular weight is 348 g/mol. The number of methoxy groups -OCH3 is 1. The molecule has 128 valence electrons. The third kappa shape index (κ3) is 3.52. The average Bonchev–Trinajstić information content (AvgIpc) is 3.10. The van der Waals surface area contributed by atoms with Crippen LogP contribution in [-0.2, 0) is 4.74 Å². The largest absolute Gasteiger partial charge is 0.486 e. The highest BCUT2D eigenvalue weighted by molar-refractivity contribution is 7.13. The van der Waals surface area contributed by atoms with Crippen LogP contribution in [0.2, 0.25) is 0 Å². The molecule has 6 nitrogen and oxygen atoms in total. The first-order chi connectivity index (χ1) is 11.6. The van der Waals surface area contributed by atoms with E-state index >= 15 is 0 Å². The lowest BCUT2D eigenvalue weighted by Crippen LogP contribution is -2.34. The molecule has 1 atom stereocenters.